The Hall–Kier alpha value is -0.521. The summed E-state index contributed by atoms with van der Waals surface area (Å²) in [6.45, 7) is 4.42. The maximum absolute atomic E-state index is 2.28. The second kappa shape index (κ2) is 8.61. The maximum atomic E-state index is 2.28. The molecule has 0 aromatic heterocycles. The first-order valence-electron chi connectivity index (χ1n) is 6.12. The molecule has 1 aromatic carbocycles. The standard InChI is InChI=1S/C15H22Se/c1-3-14(4-2)11-8-12-16-13-15-9-6-5-7-10-15/h3,5-7,9-10H,4,8,11-13H2,1-2H3/b14-3+. The van der Waals surface area contributed by atoms with E-state index in [2.05, 4.69) is 50.3 Å². The average Bonchev–Trinajstić information content (AvgIpc) is 2.35. The molecule has 0 spiro atoms. The molecule has 16 heavy (non-hydrogen) atoms. The summed E-state index contributed by atoms with van der Waals surface area (Å²) in [6.07, 6.45) is 6.19. The monoisotopic (exact) mass is 282 g/mol. The Labute approximate surface area is 106 Å². The zero-order chi connectivity index (χ0) is 11.6. The molecule has 0 atom stereocenters. The van der Waals surface area contributed by atoms with Crippen molar-refractivity contribution in [3.8, 4) is 0 Å². The molecule has 0 amide bonds. The molecule has 0 aliphatic carbocycles. The third-order valence-electron chi connectivity index (χ3n) is 2.76. The van der Waals surface area contributed by atoms with Gasteiger partial charge in [-0.3, -0.25) is 0 Å². The van der Waals surface area contributed by atoms with Crippen LogP contribution in [0.4, 0.5) is 0 Å². The van der Waals surface area contributed by atoms with Gasteiger partial charge in [0.1, 0.15) is 0 Å². The van der Waals surface area contributed by atoms with Crippen LogP contribution in [0.3, 0.4) is 0 Å². The van der Waals surface area contributed by atoms with Gasteiger partial charge in [0.2, 0.25) is 0 Å². The summed E-state index contributed by atoms with van der Waals surface area (Å²) >= 11 is 0.786. The Bertz CT molecular complexity index is 300. The van der Waals surface area contributed by atoms with E-state index in [-0.39, 0.29) is 0 Å². The van der Waals surface area contributed by atoms with Crippen molar-refractivity contribution in [3.63, 3.8) is 0 Å². The number of allylic oxidation sites excluding steroid dienone is 2. The molecule has 0 radical (unpaired) electrons. The second-order valence-corrected chi connectivity index (χ2v) is 6.26. The van der Waals surface area contributed by atoms with E-state index in [0.29, 0.717) is 0 Å². The van der Waals surface area contributed by atoms with Gasteiger partial charge in [-0.15, -0.1) is 0 Å². The quantitative estimate of drug-likeness (QED) is 0.393. The van der Waals surface area contributed by atoms with Gasteiger partial charge in [-0.25, -0.2) is 0 Å². The van der Waals surface area contributed by atoms with Crippen molar-refractivity contribution in [2.24, 2.45) is 0 Å². The summed E-state index contributed by atoms with van der Waals surface area (Å²) in [5, 5.41) is 2.71. The van der Waals surface area contributed by atoms with E-state index in [1.807, 2.05) is 0 Å². The molecule has 1 rings (SSSR count). The van der Waals surface area contributed by atoms with Crippen molar-refractivity contribution < 1.29 is 0 Å². The van der Waals surface area contributed by atoms with Crippen molar-refractivity contribution in [2.45, 2.75) is 43.7 Å². The number of hydrogen-bond donors (Lipinski definition) is 0. The minimum absolute atomic E-state index is 0.786. The summed E-state index contributed by atoms with van der Waals surface area (Å²) in [6, 6.07) is 10.9. The van der Waals surface area contributed by atoms with Crippen LogP contribution in [0.2, 0.25) is 5.32 Å². The SMILES string of the molecule is C/C=C(\CC)CCC[Se]Cc1ccccc1. The van der Waals surface area contributed by atoms with Crippen LogP contribution in [0.5, 0.6) is 0 Å². The first-order chi connectivity index (χ1) is 7.86. The summed E-state index contributed by atoms with van der Waals surface area (Å²) in [5.41, 5.74) is 3.12. The van der Waals surface area contributed by atoms with Crippen LogP contribution in [-0.2, 0) is 5.32 Å². The topological polar surface area (TPSA) is 0 Å². The van der Waals surface area contributed by atoms with Gasteiger partial charge in [0.15, 0.2) is 0 Å². The van der Waals surface area contributed by atoms with E-state index in [4.69, 9.17) is 0 Å². The van der Waals surface area contributed by atoms with Gasteiger partial charge in [0, 0.05) is 0 Å². The van der Waals surface area contributed by atoms with Crippen molar-refractivity contribution in [3.05, 3.63) is 47.5 Å². The van der Waals surface area contributed by atoms with Gasteiger partial charge in [0.25, 0.3) is 0 Å². The molecule has 0 saturated heterocycles. The second-order valence-electron chi connectivity index (χ2n) is 3.94. The Morgan fingerprint density at radius 2 is 2.00 bits per heavy atom. The van der Waals surface area contributed by atoms with Gasteiger partial charge in [-0.2, -0.15) is 0 Å². The van der Waals surface area contributed by atoms with Crippen LogP contribution in [0.1, 0.15) is 38.7 Å². The zero-order valence-electron chi connectivity index (χ0n) is 10.4. The molecule has 1 heteroatoms. The van der Waals surface area contributed by atoms with Crippen LogP contribution < -0.4 is 0 Å². The molecule has 0 aliphatic rings. The van der Waals surface area contributed by atoms with Gasteiger partial charge in [-0.05, 0) is 0 Å². The molecule has 0 unspecified atom stereocenters. The summed E-state index contributed by atoms with van der Waals surface area (Å²) in [4.78, 5) is 0. The first-order valence-corrected chi connectivity index (χ1v) is 8.54. The molecule has 1 aromatic rings. The van der Waals surface area contributed by atoms with Crippen molar-refractivity contribution in [1.82, 2.24) is 0 Å². The third-order valence-corrected chi connectivity index (χ3v) is 5.10. The fourth-order valence-corrected chi connectivity index (χ4v) is 3.62. The van der Waals surface area contributed by atoms with E-state index in [9.17, 15) is 0 Å². The van der Waals surface area contributed by atoms with E-state index in [1.54, 1.807) is 5.57 Å². The van der Waals surface area contributed by atoms with E-state index < -0.39 is 0 Å². The minimum atomic E-state index is 0.786. The van der Waals surface area contributed by atoms with Crippen LogP contribution in [0.15, 0.2) is 42.0 Å². The number of rotatable bonds is 7. The molecule has 0 bridgehead atoms. The van der Waals surface area contributed by atoms with Gasteiger partial charge in [0.05, 0.1) is 0 Å². The zero-order valence-corrected chi connectivity index (χ0v) is 12.1. The van der Waals surface area contributed by atoms with Gasteiger partial charge < -0.3 is 0 Å². The van der Waals surface area contributed by atoms with Crippen LogP contribution in [0.25, 0.3) is 0 Å². The average molecular weight is 281 g/mol. The van der Waals surface area contributed by atoms with Crippen LogP contribution >= 0.6 is 0 Å². The normalized spacial score (nSPS) is 11.8. The Kier molecular flexibility index (Phi) is 7.29. The van der Waals surface area contributed by atoms with Crippen molar-refractivity contribution >= 4 is 15.0 Å². The first kappa shape index (κ1) is 13.5. The molecule has 88 valence electrons. The predicted molar refractivity (Wildman–Crippen MR) is 74.0 cm³/mol. The van der Waals surface area contributed by atoms with Crippen molar-refractivity contribution in [1.29, 1.82) is 0 Å². The van der Waals surface area contributed by atoms with Crippen LogP contribution in [0, 0.1) is 0 Å². The summed E-state index contributed by atoms with van der Waals surface area (Å²) < 4.78 is 0. The van der Waals surface area contributed by atoms with E-state index in [0.717, 1.165) is 15.0 Å². The Balaban J connectivity index is 2.09. The molecule has 0 saturated carbocycles. The molecule has 0 nitrogen and oxygen atoms in total. The third kappa shape index (κ3) is 5.53. The summed E-state index contributed by atoms with van der Waals surface area (Å²) in [7, 11) is 0. The van der Waals surface area contributed by atoms with E-state index >= 15 is 0 Å². The summed E-state index contributed by atoms with van der Waals surface area (Å²) in [5.74, 6) is 0. The molecule has 0 aliphatic heterocycles. The molecule has 0 N–H and O–H groups in total. The molecular weight excluding hydrogens is 259 g/mol. The van der Waals surface area contributed by atoms with Gasteiger partial charge >= 0.3 is 106 Å². The Morgan fingerprint density at radius 1 is 1.25 bits per heavy atom. The van der Waals surface area contributed by atoms with Gasteiger partial charge in [-0.1, -0.05) is 0 Å². The molecule has 0 heterocycles. The molecule has 0 fully saturated rings. The number of hydrogen-bond acceptors (Lipinski definition) is 0. The van der Waals surface area contributed by atoms with Crippen molar-refractivity contribution in [2.75, 3.05) is 0 Å². The van der Waals surface area contributed by atoms with E-state index in [1.165, 1.54) is 35.5 Å². The number of benzene rings is 1. The fraction of sp³-hybridized carbons (Fsp3) is 0.467. The predicted octanol–water partition coefficient (Wildman–Crippen LogP) is 4.45. The molecular formula is C15H22Se. The van der Waals surface area contributed by atoms with Crippen LogP contribution in [-0.4, -0.2) is 15.0 Å². The Morgan fingerprint density at radius 3 is 2.62 bits per heavy atom. The fourth-order valence-electron chi connectivity index (χ4n) is 1.69.